The molecule has 0 unspecified atom stereocenters. The predicted molar refractivity (Wildman–Crippen MR) is 94.3 cm³/mol. The van der Waals surface area contributed by atoms with E-state index in [0.29, 0.717) is 22.2 Å². The number of carbonyl (C=O) groups is 2. The second-order valence-corrected chi connectivity index (χ2v) is 5.36. The van der Waals surface area contributed by atoms with Gasteiger partial charge in [0.1, 0.15) is 11.5 Å². The minimum Gasteiger partial charge on any atom is -0.497 e. The molecule has 0 atom stereocenters. The lowest BCUT2D eigenvalue weighted by Crippen LogP contribution is -2.21. The number of nitrogens with one attached hydrogen (secondary N) is 1. The van der Waals surface area contributed by atoms with Crippen LogP contribution in [0.25, 0.3) is 0 Å². The van der Waals surface area contributed by atoms with Gasteiger partial charge in [-0.3, -0.25) is 4.79 Å². The maximum atomic E-state index is 12.0. The fraction of sp³-hybridized carbons (Fsp3) is 0.176. The summed E-state index contributed by atoms with van der Waals surface area (Å²) < 4.78 is 15.2. The molecule has 0 radical (unpaired) electrons. The number of carbonyl (C=O) groups excluding carboxylic acids is 2. The second kappa shape index (κ2) is 8.25. The van der Waals surface area contributed by atoms with Crippen molar-refractivity contribution >= 4 is 34.9 Å². The average molecular weight is 365 g/mol. The molecule has 3 N–H and O–H groups in total. The zero-order valence-corrected chi connectivity index (χ0v) is 14.4. The molecule has 0 spiro atoms. The molecule has 2 rings (SSSR count). The number of nitrogens with two attached hydrogens (primary N) is 1. The Labute approximate surface area is 149 Å². The lowest BCUT2D eigenvalue weighted by Gasteiger charge is -2.12. The van der Waals surface area contributed by atoms with E-state index in [4.69, 9.17) is 31.5 Å². The molecule has 0 aliphatic heterocycles. The zero-order valence-electron chi connectivity index (χ0n) is 13.7. The van der Waals surface area contributed by atoms with Gasteiger partial charge in [0.25, 0.3) is 5.91 Å². The molecule has 2 aromatic rings. The standard InChI is InChI=1S/C17H17ClN2O5/c1-23-11-4-6-14(15(8-11)24-2)20-16(21)9-25-17(22)12-7-10(18)3-5-13(12)19/h3-8H,9,19H2,1-2H3,(H,20,21). The topological polar surface area (TPSA) is 99.9 Å². The SMILES string of the molecule is COc1ccc(NC(=O)COC(=O)c2cc(Cl)ccc2N)c(OC)c1. The van der Waals surface area contributed by atoms with E-state index in [1.54, 1.807) is 24.3 Å². The van der Waals surface area contributed by atoms with Crippen LogP contribution in [0.15, 0.2) is 36.4 Å². The second-order valence-electron chi connectivity index (χ2n) is 4.92. The van der Waals surface area contributed by atoms with Crippen LogP contribution in [0, 0.1) is 0 Å². The summed E-state index contributed by atoms with van der Waals surface area (Å²) in [5.41, 5.74) is 6.43. The summed E-state index contributed by atoms with van der Waals surface area (Å²) in [7, 11) is 2.99. The Kier molecular flexibility index (Phi) is 6.08. The van der Waals surface area contributed by atoms with Crippen LogP contribution in [0.1, 0.15) is 10.4 Å². The largest absolute Gasteiger partial charge is 0.497 e. The number of ether oxygens (including phenoxy) is 3. The summed E-state index contributed by atoms with van der Waals surface area (Å²) in [4.78, 5) is 24.0. The van der Waals surface area contributed by atoms with Gasteiger partial charge in [-0.25, -0.2) is 4.79 Å². The van der Waals surface area contributed by atoms with E-state index in [-0.39, 0.29) is 11.3 Å². The average Bonchev–Trinajstić information content (AvgIpc) is 2.62. The van der Waals surface area contributed by atoms with E-state index in [1.807, 2.05) is 0 Å². The molecule has 2 aromatic carbocycles. The maximum absolute atomic E-state index is 12.0. The van der Waals surface area contributed by atoms with Gasteiger partial charge in [0.2, 0.25) is 0 Å². The van der Waals surface area contributed by atoms with Gasteiger partial charge in [-0.2, -0.15) is 0 Å². The molecule has 8 heteroatoms. The van der Waals surface area contributed by atoms with Crippen LogP contribution in [-0.2, 0) is 9.53 Å². The highest BCUT2D eigenvalue weighted by Crippen LogP contribution is 2.29. The Balaban J connectivity index is 1.99. The Hall–Kier alpha value is -2.93. The van der Waals surface area contributed by atoms with Crippen LogP contribution in [0.5, 0.6) is 11.5 Å². The van der Waals surface area contributed by atoms with Crippen LogP contribution in [0.2, 0.25) is 5.02 Å². The number of amides is 1. The molecule has 0 fully saturated rings. The molecular formula is C17H17ClN2O5. The van der Waals surface area contributed by atoms with Crippen LogP contribution in [-0.4, -0.2) is 32.7 Å². The molecule has 0 bridgehead atoms. The molecule has 0 aromatic heterocycles. The van der Waals surface area contributed by atoms with Crippen LogP contribution in [0.3, 0.4) is 0 Å². The van der Waals surface area contributed by atoms with E-state index < -0.39 is 18.5 Å². The van der Waals surface area contributed by atoms with Crippen molar-refractivity contribution in [1.82, 2.24) is 0 Å². The Morgan fingerprint density at radius 3 is 2.56 bits per heavy atom. The van der Waals surface area contributed by atoms with Gasteiger partial charge < -0.3 is 25.3 Å². The maximum Gasteiger partial charge on any atom is 0.340 e. The number of nitrogen functional groups attached to an aromatic ring is 1. The number of rotatable bonds is 6. The molecule has 132 valence electrons. The van der Waals surface area contributed by atoms with Gasteiger partial charge in [-0.15, -0.1) is 0 Å². The number of esters is 1. The Morgan fingerprint density at radius 1 is 1.12 bits per heavy atom. The van der Waals surface area contributed by atoms with Crippen molar-refractivity contribution < 1.29 is 23.8 Å². The summed E-state index contributed by atoms with van der Waals surface area (Å²) in [5.74, 6) is -0.273. The number of benzene rings is 2. The third-order valence-electron chi connectivity index (χ3n) is 3.25. The van der Waals surface area contributed by atoms with Crippen LogP contribution < -0.4 is 20.5 Å². The lowest BCUT2D eigenvalue weighted by atomic mass is 10.2. The molecule has 0 aliphatic carbocycles. The van der Waals surface area contributed by atoms with E-state index in [2.05, 4.69) is 5.32 Å². The first-order valence-corrected chi connectivity index (χ1v) is 7.56. The van der Waals surface area contributed by atoms with Crippen molar-refractivity contribution in [3.63, 3.8) is 0 Å². The Morgan fingerprint density at radius 2 is 1.88 bits per heavy atom. The highest BCUT2D eigenvalue weighted by molar-refractivity contribution is 6.31. The molecule has 0 aliphatic rings. The molecule has 7 nitrogen and oxygen atoms in total. The molecule has 0 saturated carbocycles. The summed E-state index contributed by atoms with van der Waals surface area (Å²) in [6, 6.07) is 9.32. The number of anilines is 2. The van der Waals surface area contributed by atoms with Gasteiger partial charge in [-0.05, 0) is 30.3 Å². The van der Waals surface area contributed by atoms with Gasteiger partial charge in [0.15, 0.2) is 6.61 Å². The van der Waals surface area contributed by atoms with Crippen LogP contribution in [0.4, 0.5) is 11.4 Å². The van der Waals surface area contributed by atoms with Crippen LogP contribution >= 0.6 is 11.6 Å². The minimum absolute atomic E-state index is 0.0994. The quantitative estimate of drug-likeness (QED) is 0.604. The van der Waals surface area contributed by atoms with Gasteiger partial charge in [0, 0.05) is 16.8 Å². The van der Waals surface area contributed by atoms with Gasteiger partial charge >= 0.3 is 5.97 Å². The van der Waals surface area contributed by atoms with E-state index in [1.165, 1.54) is 26.4 Å². The third kappa shape index (κ3) is 4.77. The molecular weight excluding hydrogens is 348 g/mol. The molecule has 0 heterocycles. The van der Waals surface area contributed by atoms with Crippen molar-refractivity contribution in [1.29, 1.82) is 0 Å². The first-order chi connectivity index (χ1) is 11.9. The highest BCUT2D eigenvalue weighted by Gasteiger charge is 2.15. The zero-order chi connectivity index (χ0) is 18.4. The van der Waals surface area contributed by atoms with E-state index in [0.717, 1.165) is 0 Å². The normalized spacial score (nSPS) is 10.0. The summed E-state index contributed by atoms with van der Waals surface area (Å²) in [6.45, 7) is -0.486. The minimum atomic E-state index is -0.739. The smallest absolute Gasteiger partial charge is 0.340 e. The number of hydrogen-bond donors (Lipinski definition) is 2. The molecule has 0 saturated heterocycles. The lowest BCUT2D eigenvalue weighted by molar-refractivity contribution is -0.119. The van der Waals surface area contributed by atoms with Crippen molar-refractivity contribution in [3.05, 3.63) is 47.0 Å². The first-order valence-electron chi connectivity index (χ1n) is 7.18. The van der Waals surface area contributed by atoms with Crippen molar-refractivity contribution in [2.45, 2.75) is 0 Å². The van der Waals surface area contributed by atoms with Crippen molar-refractivity contribution in [3.8, 4) is 11.5 Å². The van der Waals surface area contributed by atoms with E-state index >= 15 is 0 Å². The Bertz CT molecular complexity index is 795. The number of hydrogen-bond acceptors (Lipinski definition) is 6. The highest BCUT2D eigenvalue weighted by atomic mass is 35.5. The fourth-order valence-corrected chi connectivity index (χ4v) is 2.17. The fourth-order valence-electron chi connectivity index (χ4n) is 2.00. The summed E-state index contributed by atoms with van der Waals surface area (Å²) in [5, 5.41) is 2.93. The van der Waals surface area contributed by atoms with Gasteiger partial charge in [0.05, 0.1) is 25.5 Å². The third-order valence-corrected chi connectivity index (χ3v) is 3.49. The predicted octanol–water partition coefficient (Wildman–Crippen LogP) is 2.73. The summed E-state index contributed by atoms with van der Waals surface area (Å²) >= 11 is 5.82. The molecule has 1 amide bonds. The van der Waals surface area contributed by atoms with Crippen molar-refractivity contribution in [2.24, 2.45) is 0 Å². The first kappa shape index (κ1) is 18.4. The summed E-state index contributed by atoms with van der Waals surface area (Å²) in [6.07, 6.45) is 0. The monoisotopic (exact) mass is 364 g/mol. The van der Waals surface area contributed by atoms with Gasteiger partial charge in [-0.1, -0.05) is 11.6 Å². The van der Waals surface area contributed by atoms with E-state index in [9.17, 15) is 9.59 Å². The number of methoxy groups -OCH3 is 2. The number of halogens is 1. The molecule has 25 heavy (non-hydrogen) atoms. The van der Waals surface area contributed by atoms with Crippen molar-refractivity contribution in [2.75, 3.05) is 31.9 Å².